The number of hydrogen-bond donors (Lipinski definition) is 1. The zero-order valence-corrected chi connectivity index (χ0v) is 14.4. The summed E-state index contributed by atoms with van der Waals surface area (Å²) in [6.45, 7) is 8.15. The molecule has 1 saturated heterocycles. The Labute approximate surface area is 137 Å². The molecule has 2 heterocycles. The molecule has 5 nitrogen and oxygen atoms in total. The van der Waals surface area contributed by atoms with Crippen LogP contribution in [0.3, 0.4) is 0 Å². The van der Waals surface area contributed by atoms with E-state index >= 15 is 0 Å². The first-order chi connectivity index (χ1) is 11.1. The van der Waals surface area contributed by atoms with Crippen LogP contribution in [0.1, 0.15) is 42.4 Å². The van der Waals surface area contributed by atoms with Gasteiger partial charge in [0, 0.05) is 30.7 Å². The van der Waals surface area contributed by atoms with Gasteiger partial charge in [-0.3, -0.25) is 0 Å². The molecule has 0 radical (unpaired) electrons. The number of rotatable bonds is 3. The number of anilines is 1. The van der Waals surface area contributed by atoms with Crippen molar-refractivity contribution in [2.75, 3.05) is 32.1 Å². The number of likely N-dealkylation sites (tertiary alicyclic amines) is 1. The molecule has 0 saturated carbocycles. The molecule has 0 unspecified atom stereocenters. The lowest BCUT2D eigenvalue weighted by Crippen LogP contribution is -2.45. The Hall–Kier alpha value is -1.91. The molecule has 3 rings (SSSR count). The molecule has 126 valence electrons. The molecular formula is C18H26N2O3. The van der Waals surface area contributed by atoms with Crippen LogP contribution in [0, 0.1) is 13.8 Å². The molecule has 2 atom stereocenters. The fourth-order valence-electron chi connectivity index (χ4n) is 3.95. The summed E-state index contributed by atoms with van der Waals surface area (Å²) >= 11 is 0. The molecule has 1 aromatic carbocycles. The number of aryl methyl sites for hydroxylation is 1. The topological polar surface area (TPSA) is 50.8 Å². The second-order valence-corrected chi connectivity index (χ2v) is 6.52. The number of nitrogens with one attached hydrogen (secondary N) is 1. The minimum atomic E-state index is -0.185. The Balaban J connectivity index is 1.85. The van der Waals surface area contributed by atoms with Crippen molar-refractivity contribution in [2.45, 2.75) is 45.6 Å². The molecule has 1 aromatic rings. The van der Waals surface area contributed by atoms with Crippen LogP contribution in [-0.4, -0.2) is 43.8 Å². The number of carbonyl (C=O) groups is 1. The number of amides is 1. The van der Waals surface area contributed by atoms with Gasteiger partial charge in [-0.2, -0.15) is 0 Å². The molecule has 0 aromatic heterocycles. The lowest BCUT2D eigenvalue weighted by molar-refractivity contribution is 0.0906. The van der Waals surface area contributed by atoms with Gasteiger partial charge in [-0.1, -0.05) is 6.92 Å². The Morgan fingerprint density at radius 2 is 2.22 bits per heavy atom. The van der Waals surface area contributed by atoms with Crippen molar-refractivity contribution >= 4 is 11.8 Å². The van der Waals surface area contributed by atoms with E-state index in [1.807, 2.05) is 11.8 Å². The van der Waals surface area contributed by atoms with Gasteiger partial charge in [0.2, 0.25) is 0 Å². The average molecular weight is 318 g/mol. The first-order valence-electron chi connectivity index (χ1n) is 8.43. The average Bonchev–Trinajstić information content (AvgIpc) is 2.90. The molecule has 0 bridgehead atoms. The van der Waals surface area contributed by atoms with Gasteiger partial charge in [-0.25, -0.2) is 4.79 Å². The van der Waals surface area contributed by atoms with E-state index in [1.165, 1.54) is 16.8 Å². The van der Waals surface area contributed by atoms with Gasteiger partial charge in [0.05, 0.1) is 13.7 Å². The summed E-state index contributed by atoms with van der Waals surface area (Å²) in [6, 6.07) is 2.56. The molecule has 2 aliphatic heterocycles. The minimum Gasteiger partial charge on any atom is -0.496 e. The third-order valence-corrected chi connectivity index (χ3v) is 4.97. The quantitative estimate of drug-likeness (QED) is 0.927. The van der Waals surface area contributed by atoms with Crippen LogP contribution in [0.2, 0.25) is 0 Å². The van der Waals surface area contributed by atoms with E-state index in [9.17, 15) is 4.79 Å². The normalized spacial score (nSPS) is 22.2. The number of nitrogens with zero attached hydrogens (tertiary/aromatic N) is 1. The van der Waals surface area contributed by atoms with Crippen molar-refractivity contribution < 1.29 is 14.3 Å². The maximum absolute atomic E-state index is 12.2. The second-order valence-electron chi connectivity index (χ2n) is 6.52. The Morgan fingerprint density at radius 1 is 1.43 bits per heavy atom. The number of benzene rings is 1. The van der Waals surface area contributed by atoms with Crippen LogP contribution >= 0.6 is 0 Å². The summed E-state index contributed by atoms with van der Waals surface area (Å²) in [5, 5.41) is 3.64. The number of hydrogen-bond acceptors (Lipinski definition) is 4. The highest BCUT2D eigenvalue weighted by atomic mass is 16.6. The van der Waals surface area contributed by atoms with Crippen LogP contribution in [0.15, 0.2) is 6.07 Å². The van der Waals surface area contributed by atoms with Crippen LogP contribution in [0.25, 0.3) is 0 Å². The number of methoxy groups -OCH3 is 1. The van der Waals surface area contributed by atoms with E-state index in [4.69, 9.17) is 9.47 Å². The first kappa shape index (κ1) is 16.0. The van der Waals surface area contributed by atoms with Crippen LogP contribution in [-0.2, 0) is 4.74 Å². The molecule has 1 amide bonds. The highest BCUT2D eigenvalue weighted by Crippen LogP contribution is 2.45. The van der Waals surface area contributed by atoms with Gasteiger partial charge < -0.3 is 19.7 Å². The summed E-state index contributed by atoms with van der Waals surface area (Å²) in [7, 11) is 1.72. The van der Waals surface area contributed by atoms with Gasteiger partial charge in [-0.05, 0) is 49.4 Å². The predicted molar refractivity (Wildman–Crippen MR) is 90.4 cm³/mol. The van der Waals surface area contributed by atoms with Crippen molar-refractivity contribution in [1.82, 2.24) is 4.90 Å². The third kappa shape index (κ3) is 2.73. The Morgan fingerprint density at radius 3 is 2.91 bits per heavy atom. The molecule has 2 aliphatic rings. The lowest BCUT2D eigenvalue weighted by Gasteiger charge is -2.34. The van der Waals surface area contributed by atoms with Gasteiger partial charge >= 0.3 is 6.09 Å². The van der Waals surface area contributed by atoms with Crippen molar-refractivity contribution in [3.8, 4) is 5.75 Å². The summed E-state index contributed by atoms with van der Waals surface area (Å²) in [5.74, 6) is 1.26. The molecule has 23 heavy (non-hydrogen) atoms. The van der Waals surface area contributed by atoms with Gasteiger partial charge in [-0.15, -0.1) is 0 Å². The maximum Gasteiger partial charge on any atom is 0.409 e. The summed E-state index contributed by atoms with van der Waals surface area (Å²) in [5.41, 5.74) is 4.82. The lowest BCUT2D eigenvalue weighted by atomic mass is 9.86. The SMILES string of the molecule is CCCOC(=O)N1CC[C@@H]2Nc3cc(C)c(OC)c(C)c3[C@@H]2C1. The fourth-order valence-corrected chi connectivity index (χ4v) is 3.95. The largest absolute Gasteiger partial charge is 0.496 e. The molecule has 5 heteroatoms. The van der Waals surface area contributed by atoms with Crippen molar-refractivity contribution in [1.29, 1.82) is 0 Å². The van der Waals surface area contributed by atoms with Gasteiger partial charge in [0.1, 0.15) is 5.75 Å². The van der Waals surface area contributed by atoms with Crippen LogP contribution < -0.4 is 10.1 Å². The van der Waals surface area contributed by atoms with Gasteiger partial charge in [0.15, 0.2) is 0 Å². The van der Waals surface area contributed by atoms with E-state index in [0.717, 1.165) is 30.7 Å². The molecular weight excluding hydrogens is 292 g/mol. The standard InChI is InChI=1S/C18H26N2O3/c1-5-8-23-18(21)20-7-6-14-13(10-20)16-12(3)17(22-4)11(2)9-15(16)19-14/h9,13-14,19H,5-8,10H2,1-4H3/t13-,14+/m1/s1. The van der Waals surface area contributed by atoms with Crippen molar-refractivity contribution in [3.05, 3.63) is 22.8 Å². The summed E-state index contributed by atoms with van der Waals surface area (Å²) in [6.07, 6.45) is 1.61. The van der Waals surface area contributed by atoms with Crippen molar-refractivity contribution in [2.24, 2.45) is 0 Å². The molecule has 1 N–H and O–H groups in total. The molecule has 1 fully saturated rings. The van der Waals surface area contributed by atoms with E-state index in [0.29, 0.717) is 25.1 Å². The number of carbonyl (C=O) groups excluding carboxylic acids is 1. The minimum absolute atomic E-state index is 0.185. The monoisotopic (exact) mass is 318 g/mol. The number of ether oxygens (including phenoxy) is 2. The smallest absolute Gasteiger partial charge is 0.409 e. The fraction of sp³-hybridized carbons (Fsp3) is 0.611. The third-order valence-electron chi connectivity index (χ3n) is 4.97. The van der Waals surface area contributed by atoms with Crippen LogP contribution in [0.4, 0.5) is 10.5 Å². The Kier molecular flexibility index (Phi) is 4.37. The Bertz CT molecular complexity index is 615. The van der Waals surface area contributed by atoms with E-state index < -0.39 is 0 Å². The number of fused-ring (bicyclic) bond motifs is 3. The van der Waals surface area contributed by atoms with E-state index in [2.05, 4.69) is 25.2 Å². The van der Waals surface area contributed by atoms with Gasteiger partial charge in [0.25, 0.3) is 0 Å². The predicted octanol–water partition coefficient (Wildman–Crippen LogP) is 3.44. The summed E-state index contributed by atoms with van der Waals surface area (Å²) in [4.78, 5) is 14.0. The summed E-state index contributed by atoms with van der Waals surface area (Å²) < 4.78 is 10.9. The van der Waals surface area contributed by atoms with Crippen molar-refractivity contribution in [3.63, 3.8) is 0 Å². The highest BCUT2D eigenvalue weighted by Gasteiger charge is 2.40. The number of piperidine rings is 1. The zero-order valence-electron chi connectivity index (χ0n) is 14.4. The molecule has 0 spiro atoms. The highest BCUT2D eigenvalue weighted by molar-refractivity contribution is 5.71. The second kappa shape index (κ2) is 6.30. The van der Waals surface area contributed by atoms with Crippen LogP contribution in [0.5, 0.6) is 5.75 Å². The van der Waals surface area contributed by atoms with E-state index in [-0.39, 0.29) is 6.09 Å². The zero-order chi connectivity index (χ0) is 16.6. The molecule has 0 aliphatic carbocycles. The van der Waals surface area contributed by atoms with E-state index in [1.54, 1.807) is 7.11 Å². The first-order valence-corrected chi connectivity index (χ1v) is 8.43. The maximum atomic E-state index is 12.2.